The summed E-state index contributed by atoms with van der Waals surface area (Å²) < 4.78 is 0. The van der Waals surface area contributed by atoms with Gasteiger partial charge in [-0.2, -0.15) is 0 Å². The van der Waals surface area contributed by atoms with E-state index in [0.29, 0.717) is 16.5 Å². The summed E-state index contributed by atoms with van der Waals surface area (Å²) in [4.78, 5) is 12.7. The summed E-state index contributed by atoms with van der Waals surface area (Å²) in [6.45, 7) is 7.56. The van der Waals surface area contributed by atoms with Crippen LogP contribution in [0.2, 0.25) is 0 Å². The van der Waals surface area contributed by atoms with Crippen LogP contribution < -0.4 is 15.8 Å². The van der Waals surface area contributed by atoms with Crippen LogP contribution in [0.15, 0.2) is 55.5 Å². The molecule has 1 fully saturated rings. The first kappa shape index (κ1) is 16.2. The van der Waals surface area contributed by atoms with Crippen molar-refractivity contribution in [3.05, 3.63) is 61.2 Å². The average molecular weight is 340 g/mol. The Morgan fingerprint density at radius 3 is 2.46 bits per heavy atom. The Bertz CT molecular complexity index is 683. The van der Waals surface area contributed by atoms with Crippen molar-refractivity contribution in [1.29, 1.82) is 0 Å². The van der Waals surface area contributed by atoms with Crippen molar-refractivity contribution in [2.24, 2.45) is 0 Å². The Morgan fingerprint density at radius 2 is 1.79 bits per heavy atom. The lowest BCUT2D eigenvalue weighted by atomic mass is 10.2. The number of hydrazine groups is 1. The first-order valence-corrected chi connectivity index (χ1v) is 8.21. The lowest BCUT2D eigenvalue weighted by Gasteiger charge is -2.37. The Morgan fingerprint density at radius 1 is 1.04 bits per heavy atom. The van der Waals surface area contributed by atoms with Crippen molar-refractivity contribution in [1.82, 2.24) is 25.7 Å². The van der Waals surface area contributed by atoms with E-state index in [1.165, 1.54) is 5.69 Å². The molecule has 3 rings (SSSR count). The van der Waals surface area contributed by atoms with Gasteiger partial charge in [0.05, 0.1) is 11.9 Å². The van der Waals surface area contributed by atoms with E-state index < -0.39 is 0 Å². The first-order valence-electron chi connectivity index (χ1n) is 7.80. The normalized spacial score (nSPS) is 14.2. The number of thiocarbonyl (C=S) groups is 1. The summed E-state index contributed by atoms with van der Waals surface area (Å²) >= 11 is 5.45. The van der Waals surface area contributed by atoms with Crippen LogP contribution in [0.25, 0.3) is 5.70 Å². The van der Waals surface area contributed by atoms with E-state index in [0.717, 1.165) is 26.2 Å². The van der Waals surface area contributed by atoms with Gasteiger partial charge in [-0.05, 0) is 24.4 Å². The monoisotopic (exact) mass is 340 g/mol. The molecule has 124 valence electrons. The number of hydrogen-bond donors (Lipinski definition) is 2. The van der Waals surface area contributed by atoms with Crippen LogP contribution in [0.5, 0.6) is 0 Å². The third kappa shape index (κ3) is 3.99. The van der Waals surface area contributed by atoms with Crippen LogP contribution in [0.4, 0.5) is 5.69 Å². The van der Waals surface area contributed by atoms with Crippen molar-refractivity contribution in [2.75, 3.05) is 31.1 Å². The number of rotatable bonds is 4. The number of nitrogens with zero attached hydrogens (tertiary/aromatic N) is 4. The van der Waals surface area contributed by atoms with E-state index in [1.54, 1.807) is 18.6 Å². The molecular weight excluding hydrogens is 320 g/mol. The lowest BCUT2D eigenvalue weighted by molar-refractivity contribution is 0.378. The van der Waals surface area contributed by atoms with E-state index in [9.17, 15) is 0 Å². The van der Waals surface area contributed by atoms with Gasteiger partial charge in [0, 0.05) is 44.3 Å². The van der Waals surface area contributed by atoms with Crippen molar-refractivity contribution in [2.45, 2.75) is 0 Å². The van der Waals surface area contributed by atoms with Gasteiger partial charge in [0.2, 0.25) is 0 Å². The second kappa shape index (κ2) is 7.74. The van der Waals surface area contributed by atoms with Gasteiger partial charge in [0.1, 0.15) is 5.69 Å². The molecule has 1 aliphatic heterocycles. The van der Waals surface area contributed by atoms with Crippen molar-refractivity contribution in [3.63, 3.8) is 0 Å². The van der Waals surface area contributed by atoms with Crippen LogP contribution in [0.3, 0.4) is 0 Å². The minimum Gasteiger partial charge on any atom is -0.368 e. The maximum absolute atomic E-state index is 5.45. The fourth-order valence-corrected chi connectivity index (χ4v) is 2.77. The topological polar surface area (TPSA) is 56.3 Å². The number of aromatic nitrogens is 2. The highest BCUT2D eigenvalue weighted by molar-refractivity contribution is 7.80. The van der Waals surface area contributed by atoms with Gasteiger partial charge in [-0.1, -0.05) is 24.8 Å². The molecule has 2 N–H and O–H groups in total. The first-order chi connectivity index (χ1) is 11.7. The zero-order valence-corrected chi connectivity index (χ0v) is 14.2. The second-order valence-corrected chi connectivity index (χ2v) is 5.82. The molecule has 6 nitrogen and oxygen atoms in total. The molecule has 0 aliphatic carbocycles. The standard InChI is InChI=1S/C17H20N6S/c1-14(16-13-18-7-8-19-16)20-21-17(24)23-11-9-22(10-12-23)15-5-3-2-4-6-15/h2-8,13,20H,1,9-12H2,(H,21,24). The van der Waals surface area contributed by atoms with E-state index >= 15 is 0 Å². The molecule has 1 saturated heterocycles. The third-order valence-electron chi connectivity index (χ3n) is 3.88. The summed E-state index contributed by atoms with van der Waals surface area (Å²) in [5, 5.41) is 0.660. The molecule has 1 aromatic carbocycles. The van der Waals surface area contributed by atoms with Gasteiger partial charge < -0.3 is 9.80 Å². The highest BCUT2D eigenvalue weighted by Crippen LogP contribution is 2.15. The van der Waals surface area contributed by atoms with Gasteiger partial charge >= 0.3 is 0 Å². The second-order valence-electron chi connectivity index (χ2n) is 5.43. The number of anilines is 1. The summed E-state index contributed by atoms with van der Waals surface area (Å²) in [6, 6.07) is 10.4. The minimum atomic E-state index is 0.633. The summed E-state index contributed by atoms with van der Waals surface area (Å²) in [6.07, 6.45) is 4.91. The lowest BCUT2D eigenvalue weighted by Crippen LogP contribution is -2.54. The van der Waals surface area contributed by atoms with E-state index in [-0.39, 0.29) is 0 Å². The highest BCUT2D eigenvalue weighted by atomic mass is 32.1. The summed E-state index contributed by atoms with van der Waals surface area (Å²) in [5.74, 6) is 0. The molecule has 0 bridgehead atoms. The summed E-state index contributed by atoms with van der Waals surface area (Å²) in [7, 11) is 0. The number of hydrogen-bond acceptors (Lipinski definition) is 5. The summed E-state index contributed by atoms with van der Waals surface area (Å²) in [5.41, 5.74) is 8.59. The predicted molar refractivity (Wildman–Crippen MR) is 100 cm³/mol. The van der Waals surface area contributed by atoms with Crippen molar-refractivity contribution >= 4 is 28.7 Å². The molecule has 7 heteroatoms. The fourth-order valence-electron chi connectivity index (χ4n) is 2.53. The Hall–Kier alpha value is -2.67. The van der Waals surface area contributed by atoms with E-state index in [2.05, 4.69) is 61.5 Å². The molecule has 0 amide bonds. The SMILES string of the molecule is C=C(NNC(=S)N1CCN(c2ccccc2)CC1)c1cnccn1. The van der Waals surface area contributed by atoms with Crippen LogP contribution in [0, 0.1) is 0 Å². The number of nitrogens with one attached hydrogen (secondary N) is 2. The van der Waals surface area contributed by atoms with Gasteiger partial charge in [0.15, 0.2) is 5.11 Å². The van der Waals surface area contributed by atoms with E-state index in [4.69, 9.17) is 12.2 Å². The third-order valence-corrected chi connectivity index (χ3v) is 4.24. The van der Waals surface area contributed by atoms with Gasteiger partial charge in [0.25, 0.3) is 0 Å². The number of para-hydroxylation sites is 1. The largest absolute Gasteiger partial charge is 0.368 e. The van der Waals surface area contributed by atoms with Crippen molar-refractivity contribution in [3.8, 4) is 0 Å². The predicted octanol–water partition coefficient (Wildman–Crippen LogP) is 1.65. The zero-order valence-electron chi connectivity index (χ0n) is 13.4. The quantitative estimate of drug-likeness (QED) is 0.648. The van der Waals surface area contributed by atoms with E-state index in [1.807, 2.05) is 6.07 Å². The number of benzene rings is 1. The molecule has 1 aliphatic rings. The van der Waals surface area contributed by atoms with Crippen LogP contribution >= 0.6 is 12.2 Å². The van der Waals surface area contributed by atoms with Gasteiger partial charge in [-0.3, -0.25) is 20.8 Å². The molecule has 0 saturated carbocycles. The highest BCUT2D eigenvalue weighted by Gasteiger charge is 2.19. The smallest absolute Gasteiger partial charge is 0.187 e. The van der Waals surface area contributed by atoms with Gasteiger partial charge in [-0.15, -0.1) is 0 Å². The fraction of sp³-hybridized carbons (Fsp3) is 0.235. The molecule has 0 radical (unpaired) electrons. The molecule has 1 aromatic heterocycles. The van der Waals surface area contributed by atoms with Gasteiger partial charge in [-0.25, -0.2) is 0 Å². The minimum absolute atomic E-state index is 0.633. The molecule has 0 unspecified atom stereocenters. The molecule has 24 heavy (non-hydrogen) atoms. The van der Waals surface area contributed by atoms with Crippen LogP contribution in [0.1, 0.15) is 5.69 Å². The maximum Gasteiger partial charge on any atom is 0.187 e. The van der Waals surface area contributed by atoms with Crippen LogP contribution in [-0.4, -0.2) is 46.2 Å². The zero-order chi connectivity index (χ0) is 16.8. The Labute approximate surface area is 147 Å². The molecular formula is C17H20N6S. The molecule has 0 atom stereocenters. The van der Waals surface area contributed by atoms with Crippen molar-refractivity contribution < 1.29 is 0 Å². The average Bonchev–Trinajstić information content (AvgIpc) is 2.67. The molecule has 2 heterocycles. The molecule has 0 spiro atoms. The Kier molecular flexibility index (Phi) is 5.22. The maximum atomic E-state index is 5.45. The molecule has 2 aromatic rings. The van der Waals surface area contributed by atoms with Crippen LogP contribution in [-0.2, 0) is 0 Å². The Balaban J connectivity index is 1.46. The number of piperazine rings is 1.